The van der Waals surface area contributed by atoms with E-state index >= 15 is 0 Å². The van der Waals surface area contributed by atoms with Gasteiger partial charge in [-0.15, -0.1) is 0 Å². The first-order valence-electron chi connectivity index (χ1n) is 5.96. The Bertz CT molecular complexity index is 869. The lowest BCUT2D eigenvalue weighted by atomic mass is 10.3. The minimum atomic E-state index is -4.28. The van der Waals surface area contributed by atoms with Gasteiger partial charge in [-0.05, 0) is 18.2 Å². The van der Waals surface area contributed by atoms with Crippen molar-refractivity contribution in [3.05, 3.63) is 56.6 Å². The molecule has 0 aliphatic carbocycles. The number of halogens is 2. The summed E-state index contributed by atoms with van der Waals surface area (Å²) in [4.78, 5) is 9.71. The van der Waals surface area contributed by atoms with Gasteiger partial charge in [0.1, 0.15) is 16.4 Å². The second kappa shape index (κ2) is 6.61. The average Bonchev–Trinajstić information content (AvgIpc) is 2.50. The van der Waals surface area contributed by atoms with Crippen LogP contribution in [0, 0.1) is 10.1 Å². The topological polar surface area (TPSA) is 95.7 Å². The van der Waals surface area contributed by atoms with Gasteiger partial charge in [-0.2, -0.15) is 8.42 Å². The number of hydrogen-bond donors (Lipinski definition) is 0. The van der Waals surface area contributed by atoms with E-state index in [1.165, 1.54) is 25.3 Å². The summed E-state index contributed by atoms with van der Waals surface area (Å²) in [7, 11) is -3.09. The maximum atomic E-state index is 12.3. The molecule has 2 aromatic rings. The maximum absolute atomic E-state index is 12.3. The minimum Gasteiger partial charge on any atom is -0.495 e. The van der Waals surface area contributed by atoms with Gasteiger partial charge in [0.15, 0.2) is 0 Å². The predicted octanol–water partition coefficient (Wildman–Crippen LogP) is 3.68. The molecule has 0 aliphatic heterocycles. The van der Waals surface area contributed by atoms with Crippen LogP contribution < -0.4 is 8.92 Å². The second-order valence-electron chi connectivity index (χ2n) is 4.21. The van der Waals surface area contributed by atoms with Crippen LogP contribution in [0.2, 0.25) is 10.0 Å². The number of nitro benzene ring substituents is 1. The van der Waals surface area contributed by atoms with E-state index in [-0.39, 0.29) is 32.1 Å². The fourth-order valence-electron chi connectivity index (χ4n) is 1.68. The van der Waals surface area contributed by atoms with Gasteiger partial charge in [0.25, 0.3) is 5.69 Å². The Morgan fingerprint density at radius 2 is 1.78 bits per heavy atom. The maximum Gasteiger partial charge on any atom is 0.342 e. The molecule has 10 heteroatoms. The van der Waals surface area contributed by atoms with Crippen molar-refractivity contribution in [1.82, 2.24) is 0 Å². The van der Waals surface area contributed by atoms with Crippen LogP contribution in [0.25, 0.3) is 0 Å². The molecule has 0 fully saturated rings. The lowest BCUT2D eigenvalue weighted by molar-refractivity contribution is -0.385. The number of ether oxygens (including phenoxy) is 1. The molecule has 0 saturated heterocycles. The number of nitrogens with zero attached hydrogens (tertiary/aromatic N) is 1. The van der Waals surface area contributed by atoms with E-state index in [0.29, 0.717) is 0 Å². The second-order valence-corrected chi connectivity index (χ2v) is 6.53. The van der Waals surface area contributed by atoms with Crippen LogP contribution in [-0.4, -0.2) is 20.5 Å². The molecule has 0 aliphatic rings. The summed E-state index contributed by atoms with van der Waals surface area (Å²) in [5, 5.41) is 11.1. The van der Waals surface area contributed by atoms with Crippen LogP contribution in [0.15, 0.2) is 41.3 Å². The Balaban J connectivity index is 2.42. The fourth-order valence-corrected chi connectivity index (χ4v) is 3.03. The van der Waals surface area contributed by atoms with Crippen molar-refractivity contribution in [2.24, 2.45) is 0 Å². The van der Waals surface area contributed by atoms with E-state index in [0.717, 1.165) is 18.2 Å². The molecule has 7 nitrogen and oxygen atoms in total. The first-order valence-corrected chi connectivity index (χ1v) is 8.13. The van der Waals surface area contributed by atoms with Gasteiger partial charge in [-0.1, -0.05) is 23.2 Å². The molecule has 0 bridgehead atoms. The Morgan fingerprint density at radius 3 is 2.35 bits per heavy atom. The molecular weight excluding hydrogens is 369 g/mol. The van der Waals surface area contributed by atoms with Crippen LogP contribution in [0.3, 0.4) is 0 Å². The molecule has 0 unspecified atom stereocenters. The lowest BCUT2D eigenvalue weighted by Gasteiger charge is -2.11. The number of rotatable bonds is 5. The molecule has 0 atom stereocenters. The van der Waals surface area contributed by atoms with Crippen molar-refractivity contribution in [2.75, 3.05) is 7.11 Å². The molecule has 0 heterocycles. The molecule has 0 spiro atoms. The van der Waals surface area contributed by atoms with Crippen molar-refractivity contribution in [1.29, 1.82) is 0 Å². The molecule has 23 heavy (non-hydrogen) atoms. The van der Waals surface area contributed by atoms with Crippen molar-refractivity contribution in [2.45, 2.75) is 4.90 Å². The SMILES string of the molecule is COc1cc([N+](=O)[O-])ccc1S(=O)(=O)Oc1ccc(Cl)c(Cl)c1. The highest BCUT2D eigenvalue weighted by Crippen LogP contribution is 2.32. The molecule has 0 amide bonds. The zero-order valence-electron chi connectivity index (χ0n) is 11.5. The van der Waals surface area contributed by atoms with Crippen molar-refractivity contribution in [3.8, 4) is 11.5 Å². The van der Waals surface area contributed by atoms with E-state index in [2.05, 4.69) is 0 Å². The molecule has 0 N–H and O–H groups in total. The molecule has 0 saturated carbocycles. The fraction of sp³-hybridized carbons (Fsp3) is 0.0769. The Kier molecular flexibility index (Phi) is 4.98. The smallest absolute Gasteiger partial charge is 0.342 e. The summed E-state index contributed by atoms with van der Waals surface area (Å²) in [6.45, 7) is 0. The number of methoxy groups -OCH3 is 1. The van der Waals surface area contributed by atoms with Crippen molar-refractivity contribution in [3.63, 3.8) is 0 Å². The van der Waals surface area contributed by atoms with Crippen LogP contribution >= 0.6 is 23.2 Å². The molecule has 122 valence electrons. The normalized spacial score (nSPS) is 11.1. The van der Waals surface area contributed by atoms with E-state index in [4.69, 9.17) is 32.1 Å². The number of benzene rings is 2. The Hall–Kier alpha value is -2.03. The molecule has 2 rings (SSSR count). The van der Waals surface area contributed by atoms with E-state index in [1.54, 1.807) is 0 Å². The summed E-state index contributed by atoms with van der Waals surface area (Å²) >= 11 is 11.5. The quantitative estimate of drug-likeness (QED) is 0.447. The zero-order valence-corrected chi connectivity index (χ0v) is 13.9. The molecule has 2 aromatic carbocycles. The Labute approximate surface area is 141 Å². The summed E-state index contributed by atoms with van der Waals surface area (Å²) < 4.78 is 34.5. The van der Waals surface area contributed by atoms with Crippen LogP contribution in [0.4, 0.5) is 5.69 Å². The van der Waals surface area contributed by atoms with Gasteiger partial charge in [0, 0.05) is 12.1 Å². The van der Waals surface area contributed by atoms with Gasteiger partial charge in [-0.3, -0.25) is 10.1 Å². The number of hydrogen-bond acceptors (Lipinski definition) is 6. The van der Waals surface area contributed by atoms with Crippen LogP contribution in [0.1, 0.15) is 0 Å². The van der Waals surface area contributed by atoms with Crippen LogP contribution in [-0.2, 0) is 10.1 Å². The Morgan fingerprint density at radius 1 is 1.09 bits per heavy atom. The third-order valence-electron chi connectivity index (χ3n) is 2.72. The lowest BCUT2D eigenvalue weighted by Crippen LogP contribution is -2.11. The highest BCUT2D eigenvalue weighted by atomic mass is 35.5. The van der Waals surface area contributed by atoms with E-state index in [9.17, 15) is 18.5 Å². The van der Waals surface area contributed by atoms with Crippen LogP contribution in [0.5, 0.6) is 11.5 Å². The largest absolute Gasteiger partial charge is 0.495 e. The van der Waals surface area contributed by atoms with Gasteiger partial charge in [0.05, 0.1) is 28.1 Å². The van der Waals surface area contributed by atoms with Crippen molar-refractivity contribution >= 4 is 39.0 Å². The zero-order chi connectivity index (χ0) is 17.2. The highest BCUT2D eigenvalue weighted by Gasteiger charge is 2.24. The summed E-state index contributed by atoms with van der Waals surface area (Å²) in [5.41, 5.74) is -0.310. The third kappa shape index (κ3) is 3.84. The minimum absolute atomic E-state index is 0.0557. The van der Waals surface area contributed by atoms with Gasteiger partial charge >= 0.3 is 10.1 Å². The number of non-ortho nitro benzene ring substituents is 1. The van der Waals surface area contributed by atoms with Crippen molar-refractivity contribution < 1.29 is 22.3 Å². The van der Waals surface area contributed by atoms with Gasteiger partial charge in [0.2, 0.25) is 0 Å². The predicted molar refractivity (Wildman–Crippen MR) is 83.9 cm³/mol. The van der Waals surface area contributed by atoms with Gasteiger partial charge in [-0.25, -0.2) is 0 Å². The monoisotopic (exact) mass is 377 g/mol. The third-order valence-corrected chi connectivity index (χ3v) is 4.75. The van der Waals surface area contributed by atoms with E-state index in [1.807, 2.05) is 0 Å². The first kappa shape index (κ1) is 17.3. The number of nitro groups is 1. The summed E-state index contributed by atoms with van der Waals surface area (Å²) in [6.07, 6.45) is 0. The molecule has 0 radical (unpaired) electrons. The van der Waals surface area contributed by atoms with E-state index < -0.39 is 15.0 Å². The first-order chi connectivity index (χ1) is 10.7. The molecular formula is C13H9Cl2NO6S. The highest BCUT2D eigenvalue weighted by molar-refractivity contribution is 7.87. The standard InChI is InChI=1S/C13H9Cl2NO6S/c1-21-12-6-8(16(17)18)2-5-13(12)23(19,20)22-9-3-4-10(14)11(15)7-9/h2-7H,1H3. The average molecular weight is 378 g/mol. The summed E-state index contributed by atoms with van der Waals surface area (Å²) in [5.74, 6) is -0.265. The molecule has 0 aromatic heterocycles. The summed E-state index contributed by atoms with van der Waals surface area (Å²) in [6, 6.07) is 6.99. The van der Waals surface area contributed by atoms with Gasteiger partial charge < -0.3 is 8.92 Å².